The molecule has 0 aliphatic carbocycles. The molecule has 1 rings (SSSR count). The average Bonchev–Trinajstić information content (AvgIpc) is 2.27. The van der Waals surface area contributed by atoms with Gasteiger partial charge in [0, 0.05) is 10.6 Å². The number of esters is 1. The van der Waals surface area contributed by atoms with Gasteiger partial charge < -0.3 is 9.84 Å². The number of carbonyl (C=O) groups is 1. The van der Waals surface area contributed by atoms with Crippen LogP contribution in [0, 0.1) is 0 Å². The van der Waals surface area contributed by atoms with E-state index in [2.05, 4.69) is 0 Å². The second kappa shape index (κ2) is 6.55. The number of hydrogen-bond acceptors (Lipinski definition) is 4. The van der Waals surface area contributed by atoms with Crippen LogP contribution < -0.4 is 0 Å². The van der Waals surface area contributed by atoms with Gasteiger partial charge in [-0.05, 0) is 38.1 Å². The highest BCUT2D eigenvalue weighted by atomic mass is 32.2. The maximum atomic E-state index is 11.4. The minimum Gasteiger partial charge on any atom is -0.462 e. The van der Waals surface area contributed by atoms with Gasteiger partial charge in [-0.1, -0.05) is 0 Å². The normalized spacial score (nSPS) is 12.2. The van der Waals surface area contributed by atoms with Crippen LogP contribution in [0.15, 0.2) is 29.2 Å². The number of ether oxygens (including phenoxy) is 1. The predicted octanol–water partition coefficient (Wildman–Crippen LogP) is 2.34. The first-order chi connectivity index (χ1) is 7.63. The van der Waals surface area contributed by atoms with E-state index in [1.165, 1.54) is 0 Å². The van der Waals surface area contributed by atoms with Crippen molar-refractivity contribution in [1.82, 2.24) is 0 Å². The Kier molecular flexibility index (Phi) is 5.35. The average molecular weight is 240 g/mol. The summed E-state index contributed by atoms with van der Waals surface area (Å²) >= 11 is 1.56. The summed E-state index contributed by atoms with van der Waals surface area (Å²) in [5, 5.41) is 9.13. The van der Waals surface area contributed by atoms with Gasteiger partial charge in [-0.15, -0.1) is 11.8 Å². The lowest BCUT2D eigenvalue weighted by Gasteiger charge is -2.05. The molecule has 0 spiro atoms. The molecule has 0 saturated carbocycles. The summed E-state index contributed by atoms with van der Waals surface area (Å²) in [5.41, 5.74) is 0.559. The van der Waals surface area contributed by atoms with Crippen LogP contribution in [0.25, 0.3) is 0 Å². The third-order valence-corrected chi connectivity index (χ3v) is 3.11. The van der Waals surface area contributed by atoms with Gasteiger partial charge >= 0.3 is 5.97 Å². The van der Waals surface area contributed by atoms with Crippen molar-refractivity contribution in [3.05, 3.63) is 29.8 Å². The topological polar surface area (TPSA) is 46.5 Å². The van der Waals surface area contributed by atoms with E-state index < -0.39 is 0 Å². The highest BCUT2D eigenvalue weighted by molar-refractivity contribution is 7.99. The van der Waals surface area contributed by atoms with Crippen molar-refractivity contribution >= 4 is 17.7 Å². The number of thioether (sulfide) groups is 1. The standard InChI is InChI=1S/C12H16O3S/c1-3-15-12(14)10-4-6-11(7-5-10)16-8-9(2)13/h4-7,9,13H,3,8H2,1-2H3. The number of carbonyl (C=O) groups excluding carboxylic acids is 1. The molecule has 1 unspecified atom stereocenters. The van der Waals surface area contributed by atoms with E-state index in [1.807, 2.05) is 12.1 Å². The lowest BCUT2D eigenvalue weighted by atomic mass is 10.2. The van der Waals surface area contributed by atoms with Crippen molar-refractivity contribution in [2.75, 3.05) is 12.4 Å². The van der Waals surface area contributed by atoms with Crippen LogP contribution in [-0.4, -0.2) is 29.5 Å². The maximum Gasteiger partial charge on any atom is 0.338 e. The molecule has 0 radical (unpaired) electrons. The maximum absolute atomic E-state index is 11.4. The Balaban J connectivity index is 2.57. The lowest BCUT2D eigenvalue weighted by molar-refractivity contribution is 0.0526. The summed E-state index contributed by atoms with van der Waals surface area (Å²) in [6.07, 6.45) is -0.324. The summed E-state index contributed by atoms with van der Waals surface area (Å²) in [6.45, 7) is 3.92. The third-order valence-electron chi connectivity index (χ3n) is 1.86. The Morgan fingerprint density at radius 1 is 1.44 bits per heavy atom. The van der Waals surface area contributed by atoms with E-state index in [0.717, 1.165) is 4.90 Å². The van der Waals surface area contributed by atoms with Crippen molar-refractivity contribution in [2.45, 2.75) is 24.8 Å². The van der Waals surface area contributed by atoms with Gasteiger partial charge in [-0.2, -0.15) is 0 Å². The number of aliphatic hydroxyl groups is 1. The molecule has 0 saturated heterocycles. The van der Waals surface area contributed by atoms with Crippen LogP contribution in [0.1, 0.15) is 24.2 Å². The molecule has 0 aliphatic heterocycles. The lowest BCUT2D eigenvalue weighted by Crippen LogP contribution is -2.04. The molecule has 0 aromatic heterocycles. The van der Waals surface area contributed by atoms with Gasteiger partial charge in [0.1, 0.15) is 0 Å². The molecule has 16 heavy (non-hydrogen) atoms. The summed E-state index contributed by atoms with van der Waals surface area (Å²) in [7, 11) is 0. The summed E-state index contributed by atoms with van der Waals surface area (Å²) < 4.78 is 4.88. The molecule has 88 valence electrons. The fourth-order valence-corrected chi connectivity index (χ4v) is 1.88. The molecule has 3 nitrogen and oxygen atoms in total. The zero-order valence-electron chi connectivity index (χ0n) is 9.47. The molecular formula is C12H16O3S. The van der Waals surface area contributed by atoms with Gasteiger partial charge in [0.15, 0.2) is 0 Å². The van der Waals surface area contributed by atoms with Crippen molar-refractivity contribution in [1.29, 1.82) is 0 Å². The van der Waals surface area contributed by atoms with Crippen molar-refractivity contribution in [3.8, 4) is 0 Å². The predicted molar refractivity (Wildman–Crippen MR) is 64.8 cm³/mol. The largest absolute Gasteiger partial charge is 0.462 e. The first-order valence-corrected chi connectivity index (χ1v) is 6.20. The molecule has 0 heterocycles. The van der Waals surface area contributed by atoms with E-state index in [-0.39, 0.29) is 12.1 Å². The van der Waals surface area contributed by atoms with Gasteiger partial charge in [-0.25, -0.2) is 4.79 Å². The molecule has 0 fully saturated rings. The Bertz CT molecular complexity index is 333. The third kappa shape index (κ3) is 4.24. The highest BCUT2D eigenvalue weighted by Crippen LogP contribution is 2.19. The van der Waals surface area contributed by atoms with Crippen LogP contribution in [0.3, 0.4) is 0 Å². The van der Waals surface area contributed by atoms with Gasteiger partial charge in [-0.3, -0.25) is 0 Å². The number of benzene rings is 1. The van der Waals surface area contributed by atoms with E-state index in [4.69, 9.17) is 9.84 Å². The molecule has 1 aromatic rings. The van der Waals surface area contributed by atoms with Crippen molar-refractivity contribution in [3.63, 3.8) is 0 Å². The van der Waals surface area contributed by atoms with Crippen molar-refractivity contribution < 1.29 is 14.6 Å². The zero-order chi connectivity index (χ0) is 12.0. The smallest absolute Gasteiger partial charge is 0.338 e. The Hall–Kier alpha value is -1.00. The SMILES string of the molecule is CCOC(=O)c1ccc(SCC(C)O)cc1. The van der Waals surface area contributed by atoms with Crippen LogP contribution in [0.2, 0.25) is 0 Å². The van der Waals surface area contributed by atoms with Gasteiger partial charge in [0.25, 0.3) is 0 Å². The first-order valence-electron chi connectivity index (χ1n) is 5.21. The zero-order valence-corrected chi connectivity index (χ0v) is 10.3. The number of rotatable bonds is 5. The second-order valence-corrected chi connectivity index (χ2v) is 4.50. The van der Waals surface area contributed by atoms with E-state index >= 15 is 0 Å². The monoisotopic (exact) mass is 240 g/mol. The minimum absolute atomic E-state index is 0.297. The Morgan fingerprint density at radius 2 is 2.06 bits per heavy atom. The highest BCUT2D eigenvalue weighted by Gasteiger charge is 2.05. The fraction of sp³-hybridized carbons (Fsp3) is 0.417. The fourth-order valence-electron chi connectivity index (χ4n) is 1.12. The first kappa shape index (κ1) is 13.1. The second-order valence-electron chi connectivity index (χ2n) is 3.40. The molecule has 0 aliphatic rings. The molecule has 1 N–H and O–H groups in total. The molecule has 1 aromatic carbocycles. The van der Waals surface area contributed by atoms with Crippen LogP contribution in [0.5, 0.6) is 0 Å². The summed E-state index contributed by atoms with van der Waals surface area (Å²) in [4.78, 5) is 12.4. The van der Waals surface area contributed by atoms with Crippen LogP contribution in [0.4, 0.5) is 0 Å². The van der Waals surface area contributed by atoms with E-state index in [1.54, 1.807) is 37.7 Å². The van der Waals surface area contributed by atoms with Gasteiger partial charge in [0.05, 0.1) is 18.3 Å². The number of hydrogen-bond donors (Lipinski definition) is 1. The summed E-state index contributed by atoms with van der Waals surface area (Å²) in [6, 6.07) is 7.20. The minimum atomic E-state index is -0.324. The molecule has 4 heteroatoms. The Labute approximate surface area is 99.8 Å². The van der Waals surface area contributed by atoms with Crippen molar-refractivity contribution in [2.24, 2.45) is 0 Å². The van der Waals surface area contributed by atoms with Crippen LogP contribution >= 0.6 is 11.8 Å². The molecule has 1 atom stereocenters. The van der Waals surface area contributed by atoms with Gasteiger partial charge in [0.2, 0.25) is 0 Å². The Morgan fingerprint density at radius 3 is 2.56 bits per heavy atom. The molecule has 0 amide bonds. The van der Waals surface area contributed by atoms with Crippen LogP contribution in [-0.2, 0) is 4.74 Å². The molecule has 0 bridgehead atoms. The quantitative estimate of drug-likeness (QED) is 0.634. The van der Waals surface area contributed by atoms with E-state index in [9.17, 15) is 4.79 Å². The van der Waals surface area contributed by atoms with E-state index in [0.29, 0.717) is 17.9 Å². The number of aliphatic hydroxyl groups excluding tert-OH is 1. The summed E-state index contributed by atoms with van der Waals surface area (Å²) in [5.74, 6) is 0.355. The molecular weight excluding hydrogens is 224 g/mol.